The topological polar surface area (TPSA) is 42.4 Å². The molecular formula is C6H7BNO2. The van der Waals surface area contributed by atoms with Gasteiger partial charge in [0.05, 0.1) is 6.61 Å². The summed E-state index contributed by atoms with van der Waals surface area (Å²) >= 11 is 0. The van der Waals surface area contributed by atoms with Gasteiger partial charge in [0.1, 0.15) is 0 Å². The third kappa shape index (κ3) is 2.17. The van der Waals surface area contributed by atoms with E-state index >= 15 is 0 Å². The minimum Gasteiger partial charge on any atom is -0.429 e. The lowest BCUT2D eigenvalue weighted by Gasteiger charge is -1.96. The maximum atomic E-state index is 8.16. The Bertz CT molecular complexity index is 180. The molecule has 0 atom stereocenters. The van der Waals surface area contributed by atoms with Crippen LogP contribution in [0.5, 0.6) is 0 Å². The van der Waals surface area contributed by atoms with Crippen molar-refractivity contribution in [3.05, 3.63) is 30.1 Å². The normalized spacial score (nSPS) is 9.30. The minimum atomic E-state index is 0.365. The summed E-state index contributed by atoms with van der Waals surface area (Å²) in [5.41, 5.74) is 0.938. The molecule has 0 amide bonds. The zero-order chi connectivity index (χ0) is 7.23. The molecule has 0 unspecified atom stereocenters. The fraction of sp³-hybridized carbons (Fsp3) is 0.167. The largest absolute Gasteiger partial charge is 0.485 e. The van der Waals surface area contributed by atoms with Gasteiger partial charge in [-0.15, -0.1) is 0 Å². The third-order valence-electron chi connectivity index (χ3n) is 1.05. The molecule has 10 heavy (non-hydrogen) atoms. The van der Waals surface area contributed by atoms with E-state index in [0.717, 1.165) is 5.56 Å². The smallest absolute Gasteiger partial charge is 0.429 e. The van der Waals surface area contributed by atoms with Crippen molar-refractivity contribution < 1.29 is 9.68 Å². The van der Waals surface area contributed by atoms with E-state index in [9.17, 15) is 0 Å². The molecule has 0 bridgehead atoms. The van der Waals surface area contributed by atoms with Crippen molar-refractivity contribution >= 4 is 7.69 Å². The third-order valence-corrected chi connectivity index (χ3v) is 1.05. The highest BCUT2D eigenvalue weighted by molar-refractivity contribution is 6.15. The summed E-state index contributed by atoms with van der Waals surface area (Å²) < 4.78 is 4.61. The summed E-state index contributed by atoms with van der Waals surface area (Å²) in [5, 5.41) is 8.16. The second kappa shape index (κ2) is 4.03. The van der Waals surface area contributed by atoms with Gasteiger partial charge in [0.25, 0.3) is 0 Å². The van der Waals surface area contributed by atoms with Gasteiger partial charge < -0.3 is 9.68 Å². The number of aromatic nitrogens is 1. The Hall–Kier alpha value is -0.865. The summed E-state index contributed by atoms with van der Waals surface area (Å²) in [6.45, 7) is 0.365. The summed E-state index contributed by atoms with van der Waals surface area (Å²) in [6, 6.07) is 3.69. The van der Waals surface area contributed by atoms with Crippen LogP contribution in [0.15, 0.2) is 24.5 Å². The Labute approximate surface area is 60.0 Å². The first-order valence-corrected chi connectivity index (χ1v) is 2.90. The van der Waals surface area contributed by atoms with Gasteiger partial charge in [0.15, 0.2) is 0 Å². The molecule has 0 saturated heterocycles. The maximum absolute atomic E-state index is 8.16. The molecule has 1 aromatic rings. The van der Waals surface area contributed by atoms with Gasteiger partial charge in [-0.25, -0.2) is 0 Å². The van der Waals surface area contributed by atoms with Crippen LogP contribution >= 0.6 is 0 Å². The number of hydrogen-bond donors (Lipinski definition) is 1. The van der Waals surface area contributed by atoms with Crippen molar-refractivity contribution in [2.45, 2.75) is 6.61 Å². The highest BCUT2D eigenvalue weighted by atomic mass is 16.5. The molecular weight excluding hydrogens is 129 g/mol. The van der Waals surface area contributed by atoms with Gasteiger partial charge in [0, 0.05) is 12.4 Å². The molecule has 0 aliphatic carbocycles. The van der Waals surface area contributed by atoms with E-state index in [2.05, 4.69) is 9.64 Å². The first kappa shape index (κ1) is 7.24. The van der Waals surface area contributed by atoms with Crippen molar-refractivity contribution in [3.8, 4) is 0 Å². The molecule has 0 aromatic carbocycles. The van der Waals surface area contributed by atoms with Crippen LogP contribution in [0.1, 0.15) is 5.56 Å². The molecule has 0 saturated carbocycles. The Morgan fingerprint density at radius 1 is 1.70 bits per heavy atom. The monoisotopic (exact) mass is 136 g/mol. The van der Waals surface area contributed by atoms with Crippen molar-refractivity contribution in [1.82, 2.24) is 4.98 Å². The zero-order valence-electron chi connectivity index (χ0n) is 5.40. The van der Waals surface area contributed by atoms with Gasteiger partial charge in [-0.05, 0) is 11.6 Å². The predicted octanol–water partition coefficient (Wildman–Crippen LogP) is 0.125. The molecule has 1 radical (unpaired) electrons. The second-order valence-corrected chi connectivity index (χ2v) is 1.78. The maximum Gasteiger partial charge on any atom is 0.485 e. The van der Waals surface area contributed by atoms with Crippen LogP contribution in [0.3, 0.4) is 0 Å². The van der Waals surface area contributed by atoms with Gasteiger partial charge >= 0.3 is 7.69 Å². The average Bonchev–Trinajstić information content (AvgIpc) is 2.03. The Morgan fingerprint density at radius 2 is 2.60 bits per heavy atom. The van der Waals surface area contributed by atoms with Crippen LogP contribution in [0.25, 0.3) is 0 Å². The fourth-order valence-corrected chi connectivity index (χ4v) is 0.617. The van der Waals surface area contributed by atoms with Gasteiger partial charge in [-0.1, -0.05) is 6.07 Å². The van der Waals surface area contributed by atoms with Crippen LogP contribution in [0.2, 0.25) is 0 Å². The quantitative estimate of drug-likeness (QED) is 0.600. The summed E-state index contributed by atoms with van der Waals surface area (Å²) in [6.07, 6.45) is 3.37. The predicted molar refractivity (Wildman–Crippen MR) is 37.0 cm³/mol. The van der Waals surface area contributed by atoms with E-state index in [1.165, 1.54) is 0 Å². The van der Waals surface area contributed by atoms with Crippen LogP contribution < -0.4 is 0 Å². The van der Waals surface area contributed by atoms with Gasteiger partial charge in [-0.2, -0.15) is 0 Å². The molecule has 1 heterocycles. The molecule has 3 nitrogen and oxygen atoms in total. The van der Waals surface area contributed by atoms with Gasteiger partial charge in [-0.3, -0.25) is 4.98 Å². The summed E-state index contributed by atoms with van der Waals surface area (Å²) in [4.78, 5) is 3.86. The van der Waals surface area contributed by atoms with E-state index in [1.54, 1.807) is 12.4 Å². The molecule has 4 heteroatoms. The van der Waals surface area contributed by atoms with Crippen LogP contribution in [-0.4, -0.2) is 17.7 Å². The lowest BCUT2D eigenvalue weighted by molar-refractivity contribution is 0.273. The standard InChI is InChI=1S/C6H7BNO2/c9-7-10-5-6-2-1-3-8-4-6/h1-4,9H,5H2. The van der Waals surface area contributed by atoms with E-state index in [0.29, 0.717) is 14.3 Å². The average molecular weight is 136 g/mol. The highest BCUT2D eigenvalue weighted by Gasteiger charge is 1.90. The number of pyridine rings is 1. The number of hydrogen-bond acceptors (Lipinski definition) is 3. The fourth-order valence-electron chi connectivity index (χ4n) is 0.617. The Kier molecular flexibility index (Phi) is 2.92. The molecule has 0 spiro atoms. The van der Waals surface area contributed by atoms with Crippen LogP contribution in [0, 0.1) is 0 Å². The zero-order valence-corrected chi connectivity index (χ0v) is 5.40. The molecule has 0 aliphatic rings. The lowest BCUT2D eigenvalue weighted by Crippen LogP contribution is -1.97. The minimum absolute atomic E-state index is 0.365. The van der Waals surface area contributed by atoms with E-state index < -0.39 is 0 Å². The van der Waals surface area contributed by atoms with Crippen LogP contribution in [0.4, 0.5) is 0 Å². The van der Waals surface area contributed by atoms with Crippen LogP contribution in [-0.2, 0) is 11.3 Å². The Balaban J connectivity index is 2.43. The first-order valence-electron chi connectivity index (χ1n) is 2.90. The molecule has 1 aromatic heterocycles. The van der Waals surface area contributed by atoms with Crippen molar-refractivity contribution in [2.75, 3.05) is 0 Å². The number of nitrogens with zero attached hydrogens (tertiary/aromatic N) is 1. The van der Waals surface area contributed by atoms with Crippen molar-refractivity contribution in [1.29, 1.82) is 0 Å². The lowest BCUT2D eigenvalue weighted by atomic mass is 10.3. The molecule has 1 rings (SSSR count). The van der Waals surface area contributed by atoms with E-state index in [-0.39, 0.29) is 0 Å². The molecule has 0 aliphatic heterocycles. The van der Waals surface area contributed by atoms with E-state index in [4.69, 9.17) is 5.02 Å². The first-order chi connectivity index (χ1) is 4.93. The van der Waals surface area contributed by atoms with Crippen molar-refractivity contribution in [3.63, 3.8) is 0 Å². The second-order valence-electron chi connectivity index (χ2n) is 1.78. The molecule has 51 valence electrons. The highest BCUT2D eigenvalue weighted by Crippen LogP contribution is 1.95. The number of rotatable bonds is 3. The molecule has 1 N–H and O–H groups in total. The Morgan fingerprint density at radius 3 is 3.20 bits per heavy atom. The van der Waals surface area contributed by atoms with Gasteiger partial charge in [0.2, 0.25) is 0 Å². The van der Waals surface area contributed by atoms with E-state index in [1.807, 2.05) is 12.1 Å². The van der Waals surface area contributed by atoms with Crippen molar-refractivity contribution in [2.24, 2.45) is 0 Å². The SMILES string of the molecule is O[B]OCc1cccnc1. The summed E-state index contributed by atoms with van der Waals surface area (Å²) in [7, 11) is 0.674. The summed E-state index contributed by atoms with van der Waals surface area (Å²) in [5.74, 6) is 0. The molecule has 0 fully saturated rings.